The predicted molar refractivity (Wildman–Crippen MR) is 99.2 cm³/mol. The van der Waals surface area contributed by atoms with E-state index in [2.05, 4.69) is 10.6 Å². The molecule has 0 spiro atoms. The number of halogens is 2. The molecule has 0 aromatic heterocycles. The van der Waals surface area contributed by atoms with Gasteiger partial charge in [-0.2, -0.15) is 0 Å². The van der Waals surface area contributed by atoms with Gasteiger partial charge in [0.25, 0.3) is 5.91 Å². The van der Waals surface area contributed by atoms with Crippen molar-refractivity contribution in [3.63, 3.8) is 0 Å². The lowest BCUT2D eigenvalue weighted by Crippen LogP contribution is -2.29. The molecule has 0 radical (unpaired) electrons. The second-order valence-electron chi connectivity index (χ2n) is 5.40. The molecule has 2 rings (SSSR count). The lowest BCUT2D eigenvalue weighted by Gasteiger charge is -2.10. The molecule has 0 saturated heterocycles. The van der Waals surface area contributed by atoms with E-state index in [-0.39, 0.29) is 16.4 Å². The van der Waals surface area contributed by atoms with Crippen molar-refractivity contribution in [2.24, 2.45) is 0 Å². The molecule has 2 N–H and O–H groups in total. The zero-order valence-electron chi connectivity index (χ0n) is 14.3. The molecule has 0 heterocycles. The van der Waals surface area contributed by atoms with Gasteiger partial charge < -0.3 is 15.4 Å². The largest absolute Gasteiger partial charge is 0.451 e. The number of hydrogen-bond donors (Lipinski definition) is 2. The Bertz CT molecular complexity index is 885. The van der Waals surface area contributed by atoms with Crippen LogP contribution in [0.4, 0.5) is 10.1 Å². The van der Waals surface area contributed by atoms with Crippen molar-refractivity contribution in [3.05, 3.63) is 70.6 Å². The number of esters is 1. The van der Waals surface area contributed by atoms with Crippen molar-refractivity contribution in [2.45, 2.75) is 6.92 Å². The second-order valence-corrected chi connectivity index (χ2v) is 5.83. The third-order valence-corrected chi connectivity index (χ3v) is 3.42. The number of benzene rings is 2. The minimum absolute atomic E-state index is 0.0950. The Balaban J connectivity index is 2.01. The fraction of sp³-hybridized carbons (Fsp3) is 0.105. The molecular weight excluding hydrogens is 375 g/mol. The molecule has 0 fully saturated rings. The Kier molecular flexibility index (Phi) is 7.08. The molecule has 0 bridgehead atoms. The molecule has 0 aliphatic heterocycles. The maximum atomic E-state index is 13.7. The number of nitrogens with one attached hydrogen (secondary N) is 2. The molecule has 27 heavy (non-hydrogen) atoms. The first kappa shape index (κ1) is 20.1. The molecule has 0 atom stereocenters. The summed E-state index contributed by atoms with van der Waals surface area (Å²) in [6.07, 6.45) is 1.42. The van der Waals surface area contributed by atoms with E-state index in [1.165, 1.54) is 25.1 Å². The van der Waals surface area contributed by atoms with Crippen molar-refractivity contribution in [1.82, 2.24) is 5.32 Å². The minimum atomic E-state index is -0.902. The summed E-state index contributed by atoms with van der Waals surface area (Å²) in [5.41, 5.74) is 0.437. The van der Waals surface area contributed by atoms with Crippen LogP contribution < -0.4 is 10.6 Å². The number of ether oxygens (including phenoxy) is 1. The molecule has 2 aromatic rings. The normalized spacial score (nSPS) is 10.9. The highest BCUT2D eigenvalue weighted by atomic mass is 35.5. The van der Waals surface area contributed by atoms with Crippen LogP contribution in [0, 0.1) is 5.82 Å². The van der Waals surface area contributed by atoms with Crippen LogP contribution in [0.5, 0.6) is 0 Å². The predicted octanol–water partition coefficient (Wildman–Crippen LogP) is 3.14. The number of rotatable bonds is 6. The highest BCUT2D eigenvalue weighted by Crippen LogP contribution is 2.18. The quantitative estimate of drug-likeness (QED) is 0.586. The van der Waals surface area contributed by atoms with Gasteiger partial charge in [0.2, 0.25) is 5.91 Å². The fourth-order valence-corrected chi connectivity index (χ4v) is 2.20. The molecule has 0 aliphatic carbocycles. The third-order valence-electron chi connectivity index (χ3n) is 3.18. The van der Waals surface area contributed by atoms with E-state index in [0.717, 1.165) is 6.07 Å². The van der Waals surface area contributed by atoms with E-state index in [9.17, 15) is 18.8 Å². The highest BCUT2D eigenvalue weighted by Gasteiger charge is 2.15. The van der Waals surface area contributed by atoms with Gasteiger partial charge in [0.05, 0.1) is 5.69 Å². The Morgan fingerprint density at radius 3 is 2.48 bits per heavy atom. The lowest BCUT2D eigenvalue weighted by atomic mass is 10.2. The van der Waals surface area contributed by atoms with E-state index in [4.69, 9.17) is 16.3 Å². The summed E-state index contributed by atoms with van der Waals surface area (Å²) >= 11 is 5.64. The first-order valence-electron chi connectivity index (χ1n) is 7.81. The summed E-state index contributed by atoms with van der Waals surface area (Å²) in [6, 6.07) is 12.5. The summed E-state index contributed by atoms with van der Waals surface area (Å²) in [6.45, 7) is 0.578. The van der Waals surface area contributed by atoms with E-state index in [0.29, 0.717) is 5.56 Å². The maximum Gasteiger partial charge on any atom is 0.355 e. The summed E-state index contributed by atoms with van der Waals surface area (Å²) in [5.74, 6) is -2.83. The van der Waals surface area contributed by atoms with Gasteiger partial charge >= 0.3 is 5.97 Å². The van der Waals surface area contributed by atoms with Gasteiger partial charge in [-0.1, -0.05) is 41.9 Å². The van der Waals surface area contributed by atoms with Gasteiger partial charge in [0, 0.05) is 11.9 Å². The van der Waals surface area contributed by atoms with Crippen molar-refractivity contribution in [1.29, 1.82) is 0 Å². The van der Waals surface area contributed by atoms with Crippen molar-refractivity contribution in [3.8, 4) is 0 Å². The maximum absolute atomic E-state index is 13.7. The molecule has 0 unspecified atom stereocenters. The van der Waals surface area contributed by atoms with Crippen molar-refractivity contribution >= 4 is 41.1 Å². The smallest absolute Gasteiger partial charge is 0.355 e. The number of anilines is 1. The number of hydrogen-bond acceptors (Lipinski definition) is 4. The van der Waals surface area contributed by atoms with Crippen LogP contribution in [0.1, 0.15) is 12.5 Å². The number of carbonyl (C=O) groups is 3. The Morgan fingerprint density at radius 2 is 1.85 bits per heavy atom. The number of amides is 2. The van der Waals surface area contributed by atoms with Crippen LogP contribution in [0.3, 0.4) is 0 Å². The zero-order valence-corrected chi connectivity index (χ0v) is 15.0. The van der Waals surface area contributed by atoms with Gasteiger partial charge in [-0.25, -0.2) is 9.18 Å². The van der Waals surface area contributed by atoms with Crippen LogP contribution in [0.2, 0.25) is 5.02 Å². The van der Waals surface area contributed by atoms with Crippen LogP contribution in [-0.2, 0) is 19.1 Å². The fourth-order valence-electron chi connectivity index (χ4n) is 2.04. The molecule has 0 saturated carbocycles. The van der Waals surface area contributed by atoms with Crippen LogP contribution in [0.25, 0.3) is 6.08 Å². The third kappa shape index (κ3) is 6.56. The second kappa shape index (κ2) is 9.49. The summed E-state index contributed by atoms with van der Waals surface area (Å²) in [5, 5.41) is 4.81. The monoisotopic (exact) mass is 390 g/mol. The summed E-state index contributed by atoms with van der Waals surface area (Å²) < 4.78 is 18.6. The lowest BCUT2D eigenvalue weighted by molar-refractivity contribution is -0.144. The van der Waals surface area contributed by atoms with Gasteiger partial charge in [0.15, 0.2) is 6.61 Å². The summed E-state index contributed by atoms with van der Waals surface area (Å²) in [4.78, 5) is 35.3. The van der Waals surface area contributed by atoms with Crippen LogP contribution in [-0.4, -0.2) is 24.4 Å². The molecule has 8 heteroatoms. The van der Waals surface area contributed by atoms with Crippen molar-refractivity contribution in [2.75, 3.05) is 11.9 Å². The van der Waals surface area contributed by atoms with Crippen LogP contribution >= 0.6 is 11.6 Å². The average Bonchev–Trinajstić information content (AvgIpc) is 2.62. The Labute approximate surface area is 160 Å². The zero-order chi connectivity index (χ0) is 19.8. The Morgan fingerprint density at radius 1 is 1.15 bits per heavy atom. The van der Waals surface area contributed by atoms with Gasteiger partial charge in [-0.3, -0.25) is 9.59 Å². The highest BCUT2D eigenvalue weighted by molar-refractivity contribution is 6.30. The first-order chi connectivity index (χ1) is 12.8. The van der Waals surface area contributed by atoms with Gasteiger partial charge in [-0.05, 0) is 29.8 Å². The molecule has 2 aromatic carbocycles. The van der Waals surface area contributed by atoms with E-state index < -0.39 is 30.2 Å². The molecule has 6 nitrogen and oxygen atoms in total. The first-order valence-corrected chi connectivity index (χ1v) is 8.19. The van der Waals surface area contributed by atoms with Gasteiger partial charge in [0.1, 0.15) is 11.5 Å². The molecule has 2 amide bonds. The average molecular weight is 391 g/mol. The van der Waals surface area contributed by atoms with E-state index in [1.807, 2.05) is 0 Å². The summed E-state index contributed by atoms with van der Waals surface area (Å²) in [7, 11) is 0. The SMILES string of the molecule is CC(=O)N/C(=C\c1ccccc1)C(=O)OCC(=O)Nc1ccc(Cl)cc1F. The molecule has 140 valence electrons. The Hall–Kier alpha value is -3.19. The van der Waals surface area contributed by atoms with E-state index >= 15 is 0 Å². The minimum Gasteiger partial charge on any atom is -0.451 e. The van der Waals surface area contributed by atoms with Gasteiger partial charge in [-0.15, -0.1) is 0 Å². The molecular formula is C19H16ClFN2O4. The topological polar surface area (TPSA) is 84.5 Å². The van der Waals surface area contributed by atoms with Crippen LogP contribution in [0.15, 0.2) is 54.2 Å². The number of carbonyl (C=O) groups excluding carboxylic acids is 3. The van der Waals surface area contributed by atoms with E-state index in [1.54, 1.807) is 30.3 Å². The van der Waals surface area contributed by atoms with Crippen molar-refractivity contribution < 1.29 is 23.5 Å². The molecule has 0 aliphatic rings. The standard InChI is InChI=1S/C19H16ClFN2O4/c1-12(24)22-17(9-13-5-3-2-4-6-13)19(26)27-11-18(25)23-16-8-7-14(20)10-15(16)21/h2-10H,11H2,1H3,(H,22,24)(H,23,25)/b17-9-.